The monoisotopic (exact) mass is 326 g/mol. The van der Waals surface area contributed by atoms with Gasteiger partial charge in [-0.2, -0.15) is 0 Å². The molecule has 1 aliphatic rings. The topological polar surface area (TPSA) is 67.4 Å². The molecule has 0 aromatic heterocycles. The van der Waals surface area contributed by atoms with E-state index >= 15 is 0 Å². The third-order valence-electron chi connectivity index (χ3n) is 4.13. The van der Waals surface area contributed by atoms with Crippen molar-refractivity contribution in [2.45, 2.75) is 90.7 Å². The van der Waals surface area contributed by atoms with Gasteiger partial charge in [-0.1, -0.05) is 45.4 Å². The van der Waals surface area contributed by atoms with E-state index < -0.39 is 17.7 Å². The minimum Gasteiger partial charge on any atom is -0.444 e. The molecule has 134 valence electrons. The summed E-state index contributed by atoms with van der Waals surface area (Å²) in [6.45, 7) is 8.22. The average molecular weight is 326 g/mol. The molecular weight excluding hydrogens is 292 g/mol. The van der Waals surface area contributed by atoms with Crippen LogP contribution >= 0.6 is 0 Å². The molecule has 0 bridgehead atoms. The molecule has 0 aromatic rings. The zero-order valence-electron chi connectivity index (χ0n) is 15.2. The van der Waals surface area contributed by atoms with Crippen LogP contribution in [0.4, 0.5) is 4.79 Å². The van der Waals surface area contributed by atoms with Gasteiger partial charge in [0, 0.05) is 6.54 Å². The lowest BCUT2D eigenvalue weighted by molar-refractivity contribution is -0.123. The molecule has 2 amide bonds. The minimum atomic E-state index is -0.557. The van der Waals surface area contributed by atoms with Crippen LogP contribution in [0, 0.1) is 5.92 Å². The summed E-state index contributed by atoms with van der Waals surface area (Å²) in [7, 11) is 0. The van der Waals surface area contributed by atoms with Gasteiger partial charge in [0.15, 0.2) is 0 Å². The quantitative estimate of drug-likeness (QED) is 0.700. The molecule has 1 atom stereocenters. The fourth-order valence-corrected chi connectivity index (χ4v) is 2.95. The zero-order chi connectivity index (χ0) is 17.3. The molecule has 0 radical (unpaired) electrons. The molecular formula is C18H34N2O3. The second-order valence-corrected chi connectivity index (χ2v) is 7.58. The summed E-state index contributed by atoms with van der Waals surface area (Å²) in [6, 6.07) is -0.496. The van der Waals surface area contributed by atoms with Gasteiger partial charge in [-0.05, 0) is 39.5 Å². The van der Waals surface area contributed by atoms with Crippen LogP contribution in [0.3, 0.4) is 0 Å². The van der Waals surface area contributed by atoms with Crippen LogP contribution in [0.15, 0.2) is 0 Å². The lowest BCUT2D eigenvalue weighted by atomic mass is 9.84. The van der Waals surface area contributed by atoms with Gasteiger partial charge < -0.3 is 15.4 Å². The van der Waals surface area contributed by atoms with Crippen molar-refractivity contribution in [1.29, 1.82) is 0 Å². The molecule has 1 unspecified atom stereocenters. The second-order valence-electron chi connectivity index (χ2n) is 7.58. The van der Waals surface area contributed by atoms with E-state index in [1.807, 2.05) is 20.8 Å². The number of hydrogen-bond acceptors (Lipinski definition) is 3. The molecule has 0 aliphatic heterocycles. The lowest BCUT2D eigenvalue weighted by Gasteiger charge is -2.28. The first kappa shape index (κ1) is 19.8. The Bertz CT molecular complexity index is 371. The van der Waals surface area contributed by atoms with Crippen LogP contribution in [0.5, 0.6) is 0 Å². The number of carbonyl (C=O) groups is 2. The third kappa shape index (κ3) is 8.82. The minimum absolute atomic E-state index is 0.0881. The molecule has 0 aromatic carbocycles. The van der Waals surface area contributed by atoms with Crippen LogP contribution < -0.4 is 10.6 Å². The van der Waals surface area contributed by atoms with Gasteiger partial charge in [0.2, 0.25) is 5.91 Å². The summed E-state index contributed by atoms with van der Waals surface area (Å²) in [5, 5.41) is 5.71. The van der Waals surface area contributed by atoms with Crippen LogP contribution in [0.25, 0.3) is 0 Å². The standard InChI is InChI=1S/C18H34N2O3/c1-5-6-12-19-16(21)15(13-14-10-8-7-9-11-14)20-17(22)23-18(2,3)4/h14-15H,5-13H2,1-4H3,(H,19,21)(H,20,22). The Hall–Kier alpha value is -1.26. The molecule has 1 rings (SSSR count). The molecule has 5 heteroatoms. The van der Waals surface area contributed by atoms with Crippen molar-refractivity contribution in [2.75, 3.05) is 6.54 Å². The summed E-state index contributed by atoms with van der Waals surface area (Å²) in [5.41, 5.74) is -0.557. The smallest absolute Gasteiger partial charge is 0.408 e. The van der Waals surface area contributed by atoms with Gasteiger partial charge in [-0.3, -0.25) is 4.79 Å². The summed E-state index contributed by atoms with van der Waals surface area (Å²) in [5.74, 6) is 0.426. The van der Waals surface area contributed by atoms with E-state index in [2.05, 4.69) is 17.6 Å². The number of hydrogen-bond donors (Lipinski definition) is 2. The van der Waals surface area contributed by atoms with Crippen LogP contribution in [-0.4, -0.2) is 30.2 Å². The Morgan fingerprint density at radius 3 is 2.39 bits per heavy atom. The SMILES string of the molecule is CCCCNC(=O)C(CC1CCCCC1)NC(=O)OC(C)(C)C. The first-order chi connectivity index (χ1) is 10.8. The molecule has 0 saturated heterocycles. The van der Waals surface area contributed by atoms with E-state index in [9.17, 15) is 9.59 Å². The first-order valence-corrected chi connectivity index (χ1v) is 9.09. The Morgan fingerprint density at radius 2 is 1.83 bits per heavy atom. The van der Waals surface area contributed by atoms with Crippen molar-refractivity contribution in [1.82, 2.24) is 10.6 Å². The highest BCUT2D eigenvalue weighted by Crippen LogP contribution is 2.27. The van der Waals surface area contributed by atoms with Gasteiger partial charge in [0.25, 0.3) is 0 Å². The normalized spacial score (nSPS) is 17.4. The number of amides is 2. The average Bonchev–Trinajstić information content (AvgIpc) is 2.46. The highest BCUT2D eigenvalue weighted by molar-refractivity contribution is 5.85. The Morgan fingerprint density at radius 1 is 1.17 bits per heavy atom. The largest absolute Gasteiger partial charge is 0.444 e. The maximum absolute atomic E-state index is 12.4. The molecule has 1 fully saturated rings. The Kier molecular flexibility index (Phi) is 8.42. The maximum atomic E-state index is 12.4. The maximum Gasteiger partial charge on any atom is 0.408 e. The van der Waals surface area contributed by atoms with E-state index in [0.717, 1.165) is 25.7 Å². The molecule has 1 aliphatic carbocycles. The number of carbonyl (C=O) groups excluding carboxylic acids is 2. The van der Waals surface area contributed by atoms with Crippen LogP contribution in [-0.2, 0) is 9.53 Å². The van der Waals surface area contributed by atoms with Crippen molar-refractivity contribution in [2.24, 2.45) is 5.92 Å². The fraction of sp³-hybridized carbons (Fsp3) is 0.889. The predicted molar refractivity (Wildman–Crippen MR) is 92.3 cm³/mol. The van der Waals surface area contributed by atoms with E-state index in [1.165, 1.54) is 19.3 Å². The number of alkyl carbamates (subject to hydrolysis) is 1. The van der Waals surface area contributed by atoms with Crippen molar-refractivity contribution < 1.29 is 14.3 Å². The highest BCUT2D eigenvalue weighted by Gasteiger charge is 2.27. The van der Waals surface area contributed by atoms with Crippen molar-refractivity contribution in [3.63, 3.8) is 0 Å². The van der Waals surface area contributed by atoms with Crippen LogP contribution in [0.1, 0.15) is 79.1 Å². The van der Waals surface area contributed by atoms with E-state index in [-0.39, 0.29) is 5.91 Å². The highest BCUT2D eigenvalue weighted by atomic mass is 16.6. The molecule has 5 nitrogen and oxygen atoms in total. The van der Waals surface area contributed by atoms with Gasteiger partial charge in [0.1, 0.15) is 11.6 Å². The van der Waals surface area contributed by atoms with Crippen molar-refractivity contribution >= 4 is 12.0 Å². The second kappa shape index (κ2) is 9.78. The summed E-state index contributed by atoms with van der Waals surface area (Å²) < 4.78 is 5.30. The summed E-state index contributed by atoms with van der Waals surface area (Å²) in [4.78, 5) is 24.4. The molecule has 23 heavy (non-hydrogen) atoms. The molecule has 0 heterocycles. The molecule has 2 N–H and O–H groups in total. The Balaban J connectivity index is 2.58. The fourth-order valence-electron chi connectivity index (χ4n) is 2.95. The zero-order valence-corrected chi connectivity index (χ0v) is 15.2. The van der Waals surface area contributed by atoms with Gasteiger partial charge >= 0.3 is 6.09 Å². The van der Waals surface area contributed by atoms with Crippen LogP contribution in [0.2, 0.25) is 0 Å². The third-order valence-corrected chi connectivity index (χ3v) is 4.13. The van der Waals surface area contributed by atoms with Gasteiger partial charge in [-0.15, -0.1) is 0 Å². The molecule has 1 saturated carbocycles. The Labute approximate surface area is 140 Å². The van der Waals surface area contributed by atoms with Crippen molar-refractivity contribution in [3.8, 4) is 0 Å². The van der Waals surface area contributed by atoms with Gasteiger partial charge in [0.05, 0.1) is 0 Å². The number of nitrogens with one attached hydrogen (secondary N) is 2. The van der Waals surface area contributed by atoms with Crippen molar-refractivity contribution in [3.05, 3.63) is 0 Å². The van der Waals surface area contributed by atoms with Gasteiger partial charge in [-0.25, -0.2) is 4.79 Å². The molecule has 0 spiro atoms. The first-order valence-electron chi connectivity index (χ1n) is 9.09. The van der Waals surface area contributed by atoms with E-state index in [4.69, 9.17) is 4.74 Å². The van der Waals surface area contributed by atoms with E-state index in [0.29, 0.717) is 18.9 Å². The number of ether oxygens (including phenoxy) is 1. The number of unbranched alkanes of at least 4 members (excludes halogenated alkanes) is 1. The summed E-state index contributed by atoms with van der Waals surface area (Å²) >= 11 is 0. The van der Waals surface area contributed by atoms with E-state index in [1.54, 1.807) is 0 Å². The predicted octanol–water partition coefficient (Wildman–Crippen LogP) is 3.77. The lowest BCUT2D eigenvalue weighted by Crippen LogP contribution is -2.49. The number of rotatable bonds is 7. The summed E-state index contributed by atoms with van der Waals surface area (Å²) in [6.07, 6.45) is 8.21.